The molecule has 4 rings (SSSR count). The van der Waals surface area contributed by atoms with Gasteiger partial charge in [-0.25, -0.2) is 4.79 Å². The molecule has 2 aromatic carbocycles. The zero-order valence-electron chi connectivity index (χ0n) is 18.2. The van der Waals surface area contributed by atoms with E-state index in [4.69, 9.17) is 15.2 Å². The highest BCUT2D eigenvalue weighted by molar-refractivity contribution is 7.17. The lowest BCUT2D eigenvalue weighted by Gasteiger charge is -2.09. The molecule has 1 aromatic heterocycles. The van der Waals surface area contributed by atoms with Crippen LogP contribution in [0.3, 0.4) is 0 Å². The highest BCUT2D eigenvalue weighted by atomic mass is 32.1. The van der Waals surface area contributed by atoms with Crippen molar-refractivity contribution in [3.8, 4) is 5.75 Å². The van der Waals surface area contributed by atoms with E-state index < -0.39 is 31.0 Å². The SMILES string of the molecule is NC(=O)c1c(NC(=O)COC(=O)COc2ccc(C(=O)c3ccccc3)cc2)sc2c1CCC2. The van der Waals surface area contributed by atoms with Crippen molar-refractivity contribution in [2.24, 2.45) is 5.73 Å². The topological polar surface area (TPSA) is 125 Å². The van der Waals surface area contributed by atoms with Gasteiger partial charge in [0.15, 0.2) is 19.0 Å². The Kier molecular flexibility index (Phi) is 7.03. The van der Waals surface area contributed by atoms with Gasteiger partial charge in [0.25, 0.3) is 11.8 Å². The van der Waals surface area contributed by atoms with Crippen LogP contribution < -0.4 is 15.8 Å². The lowest BCUT2D eigenvalue weighted by molar-refractivity contribution is -0.149. The standard InChI is InChI=1S/C25H22N2O6S/c26-24(31)22-18-7-4-8-19(18)34-25(22)27-20(28)13-33-21(29)14-32-17-11-9-16(10-12-17)23(30)15-5-2-1-3-6-15/h1-3,5-6,9-12H,4,7-8,13-14H2,(H2,26,31)(H,27,28). The number of esters is 1. The van der Waals surface area contributed by atoms with Gasteiger partial charge in [-0.05, 0) is 49.1 Å². The molecule has 0 saturated heterocycles. The fourth-order valence-electron chi connectivity index (χ4n) is 3.70. The van der Waals surface area contributed by atoms with Crippen LogP contribution in [-0.2, 0) is 27.2 Å². The third-order valence-corrected chi connectivity index (χ3v) is 6.50. The summed E-state index contributed by atoms with van der Waals surface area (Å²) in [6.07, 6.45) is 2.57. The van der Waals surface area contributed by atoms with Crippen molar-refractivity contribution < 1.29 is 28.7 Å². The molecule has 1 aliphatic rings. The Hall–Kier alpha value is -3.98. The predicted molar refractivity (Wildman–Crippen MR) is 126 cm³/mol. The van der Waals surface area contributed by atoms with E-state index in [2.05, 4.69) is 5.32 Å². The average Bonchev–Trinajstić information content (AvgIpc) is 3.42. The number of nitrogens with two attached hydrogens (primary N) is 1. The molecule has 9 heteroatoms. The Balaban J connectivity index is 1.24. The predicted octanol–water partition coefficient (Wildman–Crippen LogP) is 3.13. The number of carbonyl (C=O) groups excluding carboxylic acids is 4. The third kappa shape index (κ3) is 5.32. The molecule has 0 fully saturated rings. The van der Waals surface area contributed by atoms with Crippen molar-refractivity contribution in [3.63, 3.8) is 0 Å². The third-order valence-electron chi connectivity index (χ3n) is 5.29. The quantitative estimate of drug-likeness (QED) is 0.360. The first-order valence-electron chi connectivity index (χ1n) is 10.6. The van der Waals surface area contributed by atoms with Crippen LogP contribution in [0.1, 0.15) is 43.1 Å². The van der Waals surface area contributed by atoms with Crippen molar-refractivity contribution in [3.05, 3.63) is 81.7 Å². The highest BCUT2D eigenvalue weighted by Crippen LogP contribution is 2.38. The number of carbonyl (C=O) groups is 4. The van der Waals surface area contributed by atoms with E-state index in [1.165, 1.54) is 11.3 Å². The van der Waals surface area contributed by atoms with Crippen LogP contribution in [-0.4, -0.2) is 36.8 Å². The molecule has 0 atom stereocenters. The molecule has 0 aliphatic heterocycles. The second-order valence-corrected chi connectivity index (χ2v) is 8.75. The van der Waals surface area contributed by atoms with Gasteiger partial charge in [0, 0.05) is 16.0 Å². The number of primary amides is 1. The molecule has 0 saturated carbocycles. The second kappa shape index (κ2) is 10.3. The number of aryl methyl sites for hydroxylation is 1. The molecule has 0 radical (unpaired) electrons. The first kappa shape index (κ1) is 23.2. The monoisotopic (exact) mass is 478 g/mol. The highest BCUT2D eigenvalue weighted by Gasteiger charge is 2.26. The van der Waals surface area contributed by atoms with Crippen molar-refractivity contribution in [1.29, 1.82) is 0 Å². The van der Waals surface area contributed by atoms with Gasteiger partial charge in [-0.3, -0.25) is 14.4 Å². The number of fused-ring (bicyclic) bond motifs is 1. The molecule has 2 amide bonds. The normalized spacial score (nSPS) is 12.0. The Morgan fingerprint density at radius 3 is 2.32 bits per heavy atom. The van der Waals surface area contributed by atoms with E-state index in [9.17, 15) is 19.2 Å². The van der Waals surface area contributed by atoms with Crippen molar-refractivity contribution in [2.75, 3.05) is 18.5 Å². The fourth-order valence-corrected chi connectivity index (χ4v) is 5.02. The van der Waals surface area contributed by atoms with Crippen LogP contribution in [0.5, 0.6) is 5.75 Å². The van der Waals surface area contributed by atoms with Gasteiger partial charge < -0.3 is 20.5 Å². The van der Waals surface area contributed by atoms with E-state index in [-0.39, 0.29) is 5.78 Å². The summed E-state index contributed by atoms with van der Waals surface area (Å²) in [6, 6.07) is 15.3. The second-order valence-electron chi connectivity index (χ2n) is 7.64. The summed E-state index contributed by atoms with van der Waals surface area (Å²) in [6.45, 7) is -0.924. The number of hydrogen-bond donors (Lipinski definition) is 2. The fraction of sp³-hybridized carbons (Fsp3) is 0.200. The Labute approximate surface area is 199 Å². The summed E-state index contributed by atoms with van der Waals surface area (Å²) >= 11 is 1.33. The molecule has 0 unspecified atom stereocenters. The summed E-state index contributed by atoms with van der Waals surface area (Å²) < 4.78 is 10.3. The minimum atomic E-state index is -0.733. The van der Waals surface area contributed by atoms with Gasteiger partial charge in [-0.1, -0.05) is 30.3 Å². The minimum absolute atomic E-state index is 0.118. The number of rotatable bonds is 9. The Bertz CT molecular complexity index is 1230. The number of ether oxygens (including phenoxy) is 2. The molecule has 8 nitrogen and oxygen atoms in total. The lowest BCUT2D eigenvalue weighted by atomic mass is 10.0. The molecule has 3 N–H and O–H groups in total. The number of nitrogens with one attached hydrogen (secondary N) is 1. The molecular weight excluding hydrogens is 456 g/mol. The maximum atomic E-state index is 12.4. The van der Waals surface area contributed by atoms with E-state index in [1.54, 1.807) is 48.5 Å². The maximum absolute atomic E-state index is 12.4. The number of anilines is 1. The Morgan fingerprint density at radius 1 is 0.912 bits per heavy atom. The number of benzene rings is 2. The van der Waals surface area contributed by atoms with Gasteiger partial charge in [-0.2, -0.15) is 0 Å². The number of hydrogen-bond acceptors (Lipinski definition) is 7. The summed E-state index contributed by atoms with van der Waals surface area (Å²) in [7, 11) is 0. The van der Waals surface area contributed by atoms with Crippen molar-refractivity contribution in [1.82, 2.24) is 0 Å². The van der Waals surface area contributed by atoms with Crippen LogP contribution in [0.4, 0.5) is 5.00 Å². The molecule has 0 bridgehead atoms. The number of amides is 2. The first-order valence-corrected chi connectivity index (χ1v) is 11.5. The molecule has 34 heavy (non-hydrogen) atoms. The van der Waals surface area contributed by atoms with E-state index in [0.29, 0.717) is 27.4 Å². The van der Waals surface area contributed by atoms with Gasteiger partial charge in [0.05, 0.1) is 5.56 Å². The van der Waals surface area contributed by atoms with E-state index in [1.807, 2.05) is 6.07 Å². The van der Waals surface area contributed by atoms with Crippen LogP contribution in [0.15, 0.2) is 54.6 Å². The summed E-state index contributed by atoms with van der Waals surface area (Å²) in [5, 5.41) is 3.00. The van der Waals surface area contributed by atoms with E-state index in [0.717, 1.165) is 29.7 Å². The van der Waals surface area contributed by atoms with E-state index >= 15 is 0 Å². The minimum Gasteiger partial charge on any atom is -0.482 e. The van der Waals surface area contributed by atoms with Gasteiger partial charge in [0.1, 0.15) is 10.8 Å². The maximum Gasteiger partial charge on any atom is 0.344 e. The van der Waals surface area contributed by atoms with Crippen LogP contribution in [0, 0.1) is 0 Å². The van der Waals surface area contributed by atoms with Gasteiger partial charge in [-0.15, -0.1) is 11.3 Å². The number of ketones is 1. The Morgan fingerprint density at radius 2 is 1.62 bits per heavy atom. The van der Waals surface area contributed by atoms with Crippen LogP contribution >= 0.6 is 11.3 Å². The largest absolute Gasteiger partial charge is 0.482 e. The first-order chi connectivity index (χ1) is 16.4. The smallest absolute Gasteiger partial charge is 0.344 e. The molecule has 1 heterocycles. The van der Waals surface area contributed by atoms with Crippen molar-refractivity contribution in [2.45, 2.75) is 19.3 Å². The van der Waals surface area contributed by atoms with Crippen LogP contribution in [0.2, 0.25) is 0 Å². The average molecular weight is 479 g/mol. The molecular formula is C25H22N2O6S. The summed E-state index contributed by atoms with van der Waals surface area (Å²) in [4.78, 5) is 49.4. The molecule has 0 spiro atoms. The van der Waals surface area contributed by atoms with Crippen LogP contribution in [0.25, 0.3) is 0 Å². The molecule has 174 valence electrons. The zero-order chi connectivity index (χ0) is 24.1. The molecule has 3 aromatic rings. The molecule has 1 aliphatic carbocycles. The van der Waals surface area contributed by atoms with Gasteiger partial charge >= 0.3 is 5.97 Å². The van der Waals surface area contributed by atoms with Gasteiger partial charge in [0.2, 0.25) is 0 Å². The lowest BCUT2D eigenvalue weighted by Crippen LogP contribution is -2.24. The van der Waals surface area contributed by atoms with Crippen molar-refractivity contribution >= 4 is 39.9 Å². The summed E-state index contributed by atoms with van der Waals surface area (Å²) in [5.74, 6) is -1.63. The zero-order valence-corrected chi connectivity index (χ0v) is 19.0. The summed E-state index contributed by atoms with van der Waals surface area (Å²) in [5.41, 5.74) is 7.79. The number of thiophene rings is 1.